The lowest BCUT2D eigenvalue weighted by Crippen LogP contribution is -2.45. The Kier molecular flexibility index (Phi) is 8.55. The molecule has 33 heavy (non-hydrogen) atoms. The Morgan fingerprint density at radius 3 is 2.79 bits per heavy atom. The summed E-state index contributed by atoms with van der Waals surface area (Å²) >= 11 is 6.21. The zero-order valence-corrected chi connectivity index (χ0v) is 20.4. The van der Waals surface area contributed by atoms with E-state index in [4.69, 9.17) is 21.1 Å². The lowest BCUT2D eigenvalue weighted by molar-refractivity contribution is 0.0379. The van der Waals surface area contributed by atoms with Crippen LogP contribution in [0.3, 0.4) is 0 Å². The van der Waals surface area contributed by atoms with Gasteiger partial charge in [-0.05, 0) is 63.3 Å². The van der Waals surface area contributed by atoms with E-state index in [0.29, 0.717) is 48.8 Å². The summed E-state index contributed by atoms with van der Waals surface area (Å²) in [4.78, 5) is 20.4. The first-order valence-electron chi connectivity index (χ1n) is 11.2. The number of ether oxygens (including phenoxy) is 2. The van der Waals surface area contributed by atoms with Gasteiger partial charge in [-0.2, -0.15) is 0 Å². The third kappa shape index (κ3) is 7.58. The predicted molar refractivity (Wildman–Crippen MR) is 121 cm³/mol. The Morgan fingerprint density at radius 1 is 1.30 bits per heavy atom. The fourth-order valence-corrected chi connectivity index (χ4v) is 4.04. The number of nitrogens with one attached hydrogen (secondary N) is 2. The van der Waals surface area contributed by atoms with E-state index in [1.165, 1.54) is 0 Å². The van der Waals surface area contributed by atoms with Crippen molar-refractivity contribution in [1.82, 2.24) is 40.8 Å². The Morgan fingerprint density at radius 2 is 2.09 bits per heavy atom. The van der Waals surface area contributed by atoms with Crippen molar-refractivity contribution >= 4 is 17.7 Å². The van der Waals surface area contributed by atoms with Crippen LogP contribution in [-0.4, -0.2) is 61.6 Å². The van der Waals surface area contributed by atoms with Crippen LogP contribution in [0.4, 0.5) is 4.79 Å². The van der Waals surface area contributed by atoms with Crippen LogP contribution in [0, 0.1) is 5.92 Å². The van der Waals surface area contributed by atoms with E-state index >= 15 is 0 Å². The fraction of sp³-hybridized carbons (Fsp3) is 0.714. The molecule has 2 atom stereocenters. The molecule has 0 radical (unpaired) electrons. The quantitative estimate of drug-likeness (QED) is 0.555. The maximum absolute atomic E-state index is 12.0. The molecule has 3 rings (SSSR count). The number of nitrogens with zero attached hydrogens (tertiary/aromatic N) is 6. The van der Waals surface area contributed by atoms with Crippen molar-refractivity contribution in [3.05, 3.63) is 29.1 Å². The van der Waals surface area contributed by atoms with Gasteiger partial charge < -0.3 is 14.8 Å². The first-order chi connectivity index (χ1) is 15.7. The molecule has 0 spiro atoms. The second-order valence-corrected chi connectivity index (χ2v) is 9.78. The van der Waals surface area contributed by atoms with Crippen LogP contribution >= 0.6 is 11.6 Å². The molecule has 2 N–H and O–H groups in total. The fourth-order valence-electron chi connectivity index (χ4n) is 3.86. The Hall–Kier alpha value is -2.37. The van der Waals surface area contributed by atoms with E-state index in [1.807, 2.05) is 20.8 Å². The number of carbonyl (C=O) groups is 1. The molecule has 12 heteroatoms. The van der Waals surface area contributed by atoms with E-state index in [2.05, 4.69) is 43.1 Å². The third-order valence-corrected chi connectivity index (χ3v) is 5.65. The molecule has 1 saturated heterocycles. The molecular formula is C21H33ClN8O3. The van der Waals surface area contributed by atoms with Crippen molar-refractivity contribution in [3.8, 4) is 0 Å². The summed E-state index contributed by atoms with van der Waals surface area (Å²) in [5.41, 5.74) is -0.492. The molecule has 2 unspecified atom stereocenters. The Balaban J connectivity index is 1.72. The predicted octanol–water partition coefficient (Wildman–Crippen LogP) is 2.46. The average Bonchev–Trinajstić information content (AvgIpc) is 3.22. The molecule has 1 fully saturated rings. The van der Waals surface area contributed by atoms with Crippen molar-refractivity contribution < 1.29 is 14.3 Å². The average molecular weight is 481 g/mol. The van der Waals surface area contributed by atoms with Gasteiger partial charge in [0.05, 0.1) is 17.8 Å². The van der Waals surface area contributed by atoms with Crippen molar-refractivity contribution in [3.63, 3.8) is 0 Å². The molecule has 3 heterocycles. The van der Waals surface area contributed by atoms with Gasteiger partial charge in [0.25, 0.3) is 0 Å². The molecule has 1 aliphatic heterocycles. The van der Waals surface area contributed by atoms with Crippen LogP contribution in [0.1, 0.15) is 58.5 Å². The molecule has 1 aliphatic rings. The van der Waals surface area contributed by atoms with E-state index in [0.717, 1.165) is 25.9 Å². The summed E-state index contributed by atoms with van der Waals surface area (Å²) in [6.07, 6.45) is 5.57. The molecule has 0 saturated carbocycles. The summed E-state index contributed by atoms with van der Waals surface area (Å²) in [5, 5.41) is 19.1. The first kappa shape index (κ1) is 25.3. The molecule has 0 aromatic carbocycles. The van der Waals surface area contributed by atoms with Gasteiger partial charge in [-0.25, -0.2) is 14.5 Å². The normalized spacial score (nSPS) is 18.5. The number of hydrogen-bond donors (Lipinski definition) is 2. The molecule has 182 valence electrons. The second-order valence-electron chi connectivity index (χ2n) is 9.42. The van der Waals surface area contributed by atoms with E-state index < -0.39 is 17.2 Å². The minimum absolute atomic E-state index is 0.325. The SMILES string of the molecule is CC(C)(C)OC(=O)NCCn1nnnc1C(C)(CC1CCCOC1)NCc1nccnc1Cl. The topological polar surface area (TPSA) is 129 Å². The third-order valence-electron chi connectivity index (χ3n) is 5.34. The van der Waals surface area contributed by atoms with Crippen LogP contribution in [-0.2, 0) is 28.1 Å². The highest BCUT2D eigenvalue weighted by molar-refractivity contribution is 6.29. The minimum Gasteiger partial charge on any atom is -0.444 e. The maximum atomic E-state index is 12.0. The largest absolute Gasteiger partial charge is 0.444 e. The number of alkyl carbamates (subject to hydrolysis) is 1. The Bertz CT molecular complexity index is 913. The van der Waals surface area contributed by atoms with E-state index in [1.54, 1.807) is 17.1 Å². The zero-order chi connectivity index (χ0) is 23.9. The van der Waals surface area contributed by atoms with Gasteiger partial charge >= 0.3 is 6.09 Å². The van der Waals surface area contributed by atoms with Crippen molar-refractivity contribution in [2.75, 3.05) is 19.8 Å². The van der Waals surface area contributed by atoms with E-state index in [9.17, 15) is 4.79 Å². The zero-order valence-electron chi connectivity index (χ0n) is 19.7. The minimum atomic E-state index is -0.582. The molecule has 11 nitrogen and oxygen atoms in total. The second kappa shape index (κ2) is 11.2. The van der Waals surface area contributed by atoms with Gasteiger partial charge in [0.15, 0.2) is 11.0 Å². The van der Waals surface area contributed by atoms with Gasteiger partial charge in [-0.15, -0.1) is 5.10 Å². The van der Waals surface area contributed by atoms with Gasteiger partial charge in [-0.3, -0.25) is 10.3 Å². The first-order valence-corrected chi connectivity index (χ1v) is 11.6. The highest BCUT2D eigenvalue weighted by Gasteiger charge is 2.36. The number of aromatic nitrogens is 6. The standard InChI is InChI=1S/C21H33ClN8O3/c1-20(2,3)33-19(31)25-9-10-30-18(27-28-29-30)21(4,12-15-6-5-11-32-14-15)26-13-16-17(22)24-8-7-23-16/h7-8,15,26H,5-6,9-14H2,1-4H3,(H,25,31). The van der Waals surface area contributed by atoms with Crippen LogP contribution in [0.2, 0.25) is 5.15 Å². The maximum Gasteiger partial charge on any atom is 0.407 e. The van der Waals surface area contributed by atoms with Gasteiger partial charge in [0, 0.05) is 38.7 Å². The van der Waals surface area contributed by atoms with Gasteiger partial charge in [-0.1, -0.05) is 11.6 Å². The molecule has 0 aliphatic carbocycles. The number of halogens is 1. The summed E-state index contributed by atoms with van der Waals surface area (Å²) in [5.74, 6) is 1.03. The van der Waals surface area contributed by atoms with Crippen molar-refractivity contribution in [2.45, 2.75) is 71.2 Å². The monoisotopic (exact) mass is 480 g/mol. The number of rotatable bonds is 9. The molecular weight excluding hydrogens is 448 g/mol. The summed E-state index contributed by atoms with van der Waals surface area (Å²) in [6.45, 7) is 10.1. The summed E-state index contributed by atoms with van der Waals surface area (Å²) in [7, 11) is 0. The number of tetrazole rings is 1. The van der Waals surface area contributed by atoms with Crippen molar-refractivity contribution in [1.29, 1.82) is 0 Å². The Labute approximate surface area is 199 Å². The van der Waals surface area contributed by atoms with Crippen LogP contribution in [0.15, 0.2) is 12.4 Å². The molecule has 0 bridgehead atoms. The molecule has 1 amide bonds. The molecule has 2 aromatic heterocycles. The smallest absolute Gasteiger partial charge is 0.407 e. The number of hydrogen-bond acceptors (Lipinski definition) is 9. The summed E-state index contributed by atoms with van der Waals surface area (Å²) < 4.78 is 12.7. The van der Waals surface area contributed by atoms with Crippen molar-refractivity contribution in [2.24, 2.45) is 5.92 Å². The van der Waals surface area contributed by atoms with E-state index in [-0.39, 0.29) is 0 Å². The summed E-state index contributed by atoms with van der Waals surface area (Å²) in [6, 6.07) is 0. The lowest BCUT2D eigenvalue weighted by atomic mass is 9.85. The van der Waals surface area contributed by atoms with Gasteiger partial charge in [0.2, 0.25) is 0 Å². The van der Waals surface area contributed by atoms with Crippen LogP contribution in [0.5, 0.6) is 0 Å². The molecule has 2 aromatic rings. The number of amides is 1. The number of carbonyl (C=O) groups excluding carboxylic acids is 1. The highest BCUT2D eigenvalue weighted by atomic mass is 35.5. The van der Waals surface area contributed by atoms with Crippen LogP contribution < -0.4 is 10.6 Å². The van der Waals surface area contributed by atoms with Gasteiger partial charge in [0.1, 0.15) is 5.60 Å². The highest BCUT2D eigenvalue weighted by Crippen LogP contribution is 2.31. The van der Waals surface area contributed by atoms with Crippen LogP contribution in [0.25, 0.3) is 0 Å². The lowest BCUT2D eigenvalue weighted by Gasteiger charge is -2.34.